The lowest BCUT2D eigenvalue weighted by Gasteiger charge is -2.08. The van der Waals surface area contributed by atoms with Gasteiger partial charge < -0.3 is 9.72 Å². The van der Waals surface area contributed by atoms with Crippen molar-refractivity contribution in [2.24, 2.45) is 0 Å². The van der Waals surface area contributed by atoms with Crippen molar-refractivity contribution in [2.45, 2.75) is 11.8 Å². The van der Waals surface area contributed by atoms with E-state index in [-0.39, 0.29) is 17.9 Å². The van der Waals surface area contributed by atoms with E-state index in [1.54, 1.807) is 30.5 Å². The average molecular weight is 385 g/mol. The number of nitrogens with one attached hydrogen (secondary N) is 1. The Kier molecular flexibility index (Phi) is 5.52. The molecule has 0 fully saturated rings. The van der Waals surface area contributed by atoms with Crippen molar-refractivity contribution < 1.29 is 13.5 Å². The molecule has 5 nitrogen and oxygen atoms in total. The van der Waals surface area contributed by atoms with Crippen LogP contribution < -0.4 is 10.3 Å². The fraction of sp³-hybridized carbons (Fsp3) is 0.105. The molecule has 1 aromatic heterocycles. The molecule has 0 aliphatic carbocycles. The van der Waals surface area contributed by atoms with Crippen LogP contribution in [0, 0.1) is 23.0 Å². The van der Waals surface area contributed by atoms with Crippen LogP contribution in [0.15, 0.2) is 52.4 Å². The topological polar surface area (TPSA) is 78.8 Å². The van der Waals surface area contributed by atoms with Gasteiger partial charge in [0.25, 0.3) is 5.56 Å². The second kappa shape index (κ2) is 8.01. The average Bonchev–Trinajstić information content (AvgIpc) is 2.68. The lowest BCUT2D eigenvalue weighted by Crippen LogP contribution is -2.14. The van der Waals surface area contributed by atoms with Crippen LogP contribution >= 0.6 is 11.8 Å². The van der Waals surface area contributed by atoms with Gasteiger partial charge in [-0.25, -0.2) is 13.8 Å². The molecular formula is C19H13F2N3O2S. The minimum absolute atomic E-state index is 0.0569. The molecule has 0 bridgehead atoms. The van der Waals surface area contributed by atoms with E-state index < -0.39 is 17.2 Å². The number of aromatic nitrogens is 2. The first-order valence-electron chi connectivity index (χ1n) is 7.77. The highest BCUT2D eigenvalue weighted by molar-refractivity contribution is 7.98. The summed E-state index contributed by atoms with van der Waals surface area (Å²) in [4.78, 5) is 18.8. The molecule has 8 heteroatoms. The van der Waals surface area contributed by atoms with Crippen LogP contribution in [0.5, 0.6) is 5.75 Å². The number of ether oxygens (including phenoxy) is 1. The Labute approximate surface area is 157 Å². The monoisotopic (exact) mass is 385 g/mol. The quantitative estimate of drug-likeness (QED) is 0.533. The number of halogens is 2. The number of H-pyrrole nitrogens is 1. The van der Waals surface area contributed by atoms with E-state index in [0.717, 1.165) is 17.7 Å². The van der Waals surface area contributed by atoms with Crippen LogP contribution in [0.25, 0.3) is 11.3 Å². The third-order valence-corrected chi connectivity index (χ3v) is 4.31. The van der Waals surface area contributed by atoms with Crippen molar-refractivity contribution in [3.63, 3.8) is 0 Å². The first-order valence-corrected chi connectivity index (χ1v) is 9.00. The van der Waals surface area contributed by atoms with Crippen LogP contribution in [-0.4, -0.2) is 16.2 Å². The number of hydrogen-bond acceptors (Lipinski definition) is 5. The smallest absolute Gasteiger partial charge is 0.270 e. The number of benzene rings is 2. The van der Waals surface area contributed by atoms with E-state index in [4.69, 9.17) is 4.74 Å². The highest BCUT2D eigenvalue weighted by Crippen LogP contribution is 2.22. The number of thioether (sulfide) groups is 1. The van der Waals surface area contributed by atoms with Gasteiger partial charge in [-0.15, -0.1) is 0 Å². The summed E-state index contributed by atoms with van der Waals surface area (Å²) in [6.45, 7) is 0.148. The molecule has 1 heterocycles. The molecule has 27 heavy (non-hydrogen) atoms. The SMILES string of the molecule is CSc1nc(-c2ccc(COc3ccc(F)c(F)c3)cc2)c(C#N)c(=O)[nH]1. The molecule has 0 unspecified atom stereocenters. The zero-order valence-electron chi connectivity index (χ0n) is 14.1. The number of nitrogens with zero attached hydrogens (tertiary/aromatic N) is 2. The van der Waals surface area contributed by atoms with Crippen LogP contribution in [0.4, 0.5) is 8.78 Å². The van der Waals surface area contributed by atoms with E-state index in [1.165, 1.54) is 17.8 Å². The normalized spacial score (nSPS) is 10.4. The number of hydrogen-bond donors (Lipinski definition) is 1. The van der Waals surface area contributed by atoms with Crippen molar-refractivity contribution in [3.05, 3.63) is 75.6 Å². The van der Waals surface area contributed by atoms with E-state index in [2.05, 4.69) is 9.97 Å². The Balaban J connectivity index is 1.81. The van der Waals surface area contributed by atoms with E-state index in [9.17, 15) is 18.8 Å². The van der Waals surface area contributed by atoms with Crippen LogP contribution in [0.3, 0.4) is 0 Å². The minimum atomic E-state index is -0.975. The maximum absolute atomic E-state index is 13.2. The molecule has 0 saturated heterocycles. The van der Waals surface area contributed by atoms with E-state index in [0.29, 0.717) is 16.4 Å². The van der Waals surface area contributed by atoms with Gasteiger partial charge in [-0.2, -0.15) is 5.26 Å². The summed E-state index contributed by atoms with van der Waals surface area (Å²) in [7, 11) is 0. The van der Waals surface area contributed by atoms with Crippen LogP contribution in [-0.2, 0) is 6.61 Å². The molecule has 3 rings (SSSR count). The number of nitriles is 1. The third kappa shape index (κ3) is 4.15. The first-order chi connectivity index (χ1) is 13.0. The molecule has 0 radical (unpaired) electrons. The molecule has 3 aromatic rings. The second-order valence-corrected chi connectivity index (χ2v) is 6.27. The number of aromatic amines is 1. The Bertz CT molecular complexity index is 1080. The molecule has 1 N–H and O–H groups in total. The lowest BCUT2D eigenvalue weighted by molar-refractivity contribution is 0.303. The summed E-state index contributed by atoms with van der Waals surface area (Å²) in [5.74, 6) is -1.70. The molecule has 0 aliphatic heterocycles. The Morgan fingerprint density at radius 3 is 2.56 bits per heavy atom. The van der Waals surface area contributed by atoms with Crippen molar-refractivity contribution in [3.8, 4) is 23.1 Å². The summed E-state index contributed by atoms with van der Waals surface area (Å²) in [6.07, 6.45) is 1.77. The highest BCUT2D eigenvalue weighted by atomic mass is 32.2. The van der Waals surface area contributed by atoms with Crippen LogP contribution in [0.1, 0.15) is 11.1 Å². The summed E-state index contributed by atoms with van der Waals surface area (Å²) >= 11 is 1.27. The molecular weight excluding hydrogens is 372 g/mol. The largest absolute Gasteiger partial charge is 0.489 e. The predicted molar refractivity (Wildman–Crippen MR) is 97.5 cm³/mol. The maximum atomic E-state index is 13.2. The van der Waals surface area contributed by atoms with Gasteiger partial charge in [-0.1, -0.05) is 36.0 Å². The fourth-order valence-corrected chi connectivity index (χ4v) is 2.73. The molecule has 0 spiro atoms. The molecule has 0 atom stereocenters. The van der Waals surface area contributed by atoms with E-state index in [1.807, 2.05) is 6.07 Å². The van der Waals surface area contributed by atoms with Gasteiger partial charge in [0, 0.05) is 11.6 Å². The zero-order valence-corrected chi connectivity index (χ0v) is 14.9. The predicted octanol–water partition coefficient (Wildman–Crippen LogP) is 3.89. The van der Waals surface area contributed by atoms with Gasteiger partial charge in [0.15, 0.2) is 16.8 Å². The Hall–Kier alpha value is -3.18. The van der Waals surface area contributed by atoms with Gasteiger partial charge in [0.2, 0.25) is 0 Å². The van der Waals surface area contributed by atoms with Gasteiger partial charge in [0.05, 0.1) is 5.69 Å². The molecule has 136 valence electrons. The van der Waals surface area contributed by atoms with Crippen molar-refractivity contribution in [2.75, 3.05) is 6.26 Å². The van der Waals surface area contributed by atoms with Crippen molar-refractivity contribution in [1.82, 2.24) is 9.97 Å². The van der Waals surface area contributed by atoms with Crippen LogP contribution in [0.2, 0.25) is 0 Å². The van der Waals surface area contributed by atoms with Crippen molar-refractivity contribution >= 4 is 11.8 Å². The summed E-state index contributed by atoms with van der Waals surface area (Å²) < 4.78 is 31.6. The zero-order chi connectivity index (χ0) is 19.4. The van der Waals surface area contributed by atoms with Crippen molar-refractivity contribution in [1.29, 1.82) is 5.26 Å². The molecule has 0 aliphatic rings. The summed E-state index contributed by atoms with van der Waals surface area (Å²) in [5, 5.41) is 9.65. The Morgan fingerprint density at radius 1 is 1.19 bits per heavy atom. The second-order valence-electron chi connectivity index (χ2n) is 5.47. The molecule has 0 amide bonds. The first kappa shape index (κ1) is 18.6. The molecule has 0 saturated carbocycles. The standard InChI is InChI=1S/C19H13F2N3O2S/c1-27-19-23-17(14(9-22)18(25)24-19)12-4-2-11(3-5-12)10-26-13-6-7-15(20)16(21)8-13/h2-8H,10H2,1H3,(H,23,24,25). The lowest BCUT2D eigenvalue weighted by atomic mass is 10.1. The minimum Gasteiger partial charge on any atom is -0.489 e. The summed E-state index contributed by atoms with van der Waals surface area (Å²) in [6, 6.07) is 12.1. The van der Waals surface area contributed by atoms with Gasteiger partial charge in [-0.3, -0.25) is 4.79 Å². The maximum Gasteiger partial charge on any atom is 0.270 e. The van der Waals surface area contributed by atoms with E-state index >= 15 is 0 Å². The fourth-order valence-electron chi connectivity index (χ4n) is 2.35. The van der Waals surface area contributed by atoms with Gasteiger partial charge >= 0.3 is 0 Å². The highest BCUT2D eigenvalue weighted by Gasteiger charge is 2.13. The Morgan fingerprint density at radius 2 is 1.93 bits per heavy atom. The third-order valence-electron chi connectivity index (χ3n) is 3.73. The van der Waals surface area contributed by atoms with Gasteiger partial charge in [-0.05, 0) is 24.0 Å². The van der Waals surface area contributed by atoms with Gasteiger partial charge in [0.1, 0.15) is 24.0 Å². The summed E-state index contributed by atoms with van der Waals surface area (Å²) in [5.41, 5.74) is 1.15. The molecule has 2 aromatic carbocycles. The number of rotatable bonds is 5.